The summed E-state index contributed by atoms with van der Waals surface area (Å²) in [5.41, 5.74) is 2.83. The van der Waals surface area contributed by atoms with E-state index in [2.05, 4.69) is 25.4 Å². The Morgan fingerprint density at radius 2 is 1.97 bits per heavy atom. The van der Waals surface area contributed by atoms with Gasteiger partial charge < -0.3 is 19.2 Å². The van der Waals surface area contributed by atoms with Crippen molar-refractivity contribution in [2.75, 3.05) is 5.32 Å². The minimum absolute atomic E-state index is 0.170. The maximum Gasteiger partial charge on any atom is 0.227 e. The Hall–Kier alpha value is -4.27. The molecule has 3 heterocycles. The summed E-state index contributed by atoms with van der Waals surface area (Å²) in [6.45, 7) is 0. The van der Waals surface area contributed by atoms with Gasteiger partial charge in [0.15, 0.2) is 11.6 Å². The molecule has 0 aliphatic carbocycles. The molecule has 0 aliphatic heterocycles. The van der Waals surface area contributed by atoms with E-state index in [4.69, 9.17) is 8.94 Å². The van der Waals surface area contributed by atoms with Crippen LogP contribution in [-0.4, -0.2) is 26.0 Å². The summed E-state index contributed by atoms with van der Waals surface area (Å²) in [7, 11) is 0. The highest BCUT2D eigenvalue weighted by atomic mass is 19.1. The second-order valence-electron chi connectivity index (χ2n) is 6.86. The predicted molar refractivity (Wildman–Crippen MR) is 110 cm³/mol. The van der Waals surface area contributed by atoms with E-state index in [-0.39, 0.29) is 24.6 Å². The Labute approximate surface area is 175 Å². The van der Waals surface area contributed by atoms with Gasteiger partial charge in [-0.2, -0.15) is 4.98 Å². The minimum atomic E-state index is -0.338. The van der Waals surface area contributed by atoms with Crippen LogP contribution in [0.3, 0.4) is 0 Å². The Kier molecular flexibility index (Phi) is 4.75. The largest absolute Gasteiger partial charge is 0.461 e. The number of carbonyl (C=O) groups is 1. The summed E-state index contributed by atoms with van der Waals surface area (Å²) >= 11 is 0. The van der Waals surface area contributed by atoms with Crippen LogP contribution in [0.25, 0.3) is 34.0 Å². The number of furan rings is 1. The van der Waals surface area contributed by atoms with Crippen LogP contribution in [0.4, 0.5) is 10.1 Å². The summed E-state index contributed by atoms with van der Waals surface area (Å²) in [4.78, 5) is 24.3. The molecule has 31 heavy (non-hydrogen) atoms. The van der Waals surface area contributed by atoms with Crippen LogP contribution in [0.1, 0.15) is 12.3 Å². The molecule has 5 aromatic rings. The van der Waals surface area contributed by atoms with Crippen LogP contribution in [0.5, 0.6) is 0 Å². The van der Waals surface area contributed by atoms with Crippen molar-refractivity contribution in [1.82, 2.24) is 20.1 Å². The van der Waals surface area contributed by atoms with Gasteiger partial charge in [-0.15, -0.1) is 0 Å². The molecule has 5 rings (SSSR count). The number of nitrogens with one attached hydrogen (secondary N) is 2. The third kappa shape index (κ3) is 4.06. The molecule has 0 radical (unpaired) electrons. The summed E-state index contributed by atoms with van der Waals surface area (Å²) in [6.07, 6.45) is 2.04. The number of aromatic amines is 1. The number of rotatable bonds is 6. The molecule has 0 saturated carbocycles. The van der Waals surface area contributed by atoms with Crippen molar-refractivity contribution >= 4 is 22.6 Å². The van der Waals surface area contributed by atoms with Crippen LogP contribution in [0.2, 0.25) is 0 Å². The van der Waals surface area contributed by atoms with Crippen molar-refractivity contribution in [2.45, 2.75) is 12.8 Å². The quantitative estimate of drug-likeness (QED) is 0.418. The van der Waals surface area contributed by atoms with Crippen molar-refractivity contribution < 1.29 is 18.1 Å². The van der Waals surface area contributed by atoms with Crippen molar-refractivity contribution in [3.05, 3.63) is 72.6 Å². The Bertz CT molecular complexity index is 1340. The molecule has 0 atom stereocenters. The van der Waals surface area contributed by atoms with Gasteiger partial charge in [0.2, 0.25) is 17.6 Å². The molecule has 1 amide bonds. The first-order valence-corrected chi connectivity index (χ1v) is 9.56. The number of aryl methyl sites for hydroxylation is 1. The molecule has 9 heteroatoms. The molecular weight excluding hydrogens is 401 g/mol. The monoisotopic (exact) mass is 417 g/mol. The number of hydrogen-bond acceptors (Lipinski definition) is 6. The zero-order chi connectivity index (χ0) is 21.2. The third-order valence-electron chi connectivity index (χ3n) is 4.66. The van der Waals surface area contributed by atoms with E-state index >= 15 is 0 Å². The molecule has 8 nitrogen and oxygen atoms in total. The summed E-state index contributed by atoms with van der Waals surface area (Å²) in [5, 5.41) is 6.73. The first-order chi connectivity index (χ1) is 15.1. The third-order valence-corrected chi connectivity index (χ3v) is 4.66. The van der Waals surface area contributed by atoms with Gasteiger partial charge in [0.25, 0.3) is 0 Å². The molecule has 2 aromatic carbocycles. The molecule has 3 aromatic heterocycles. The molecule has 0 spiro atoms. The van der Waals surface area contributed by atoms with Crippen molar-refractivity contribution in [1.29, 1.82) is 0 Å². The molecule has 0 aliphatic rings. The van der Waals surface area contributed by atoms with Crippen LogP contribution in [0, 0.1) is 5.82 Å². The molecular formula is C22H16FN5O3. The fourth-order valence-electron chi connectivity index (χ4n) is 3.13. The van der Waals surface area contributed by atoms with Gasteiger partial charge in [0.05, 0.1) is 17.3 Å². The van der Waals surface area contributed by atoms with E-state index in [0.29, 0.717) is 34.6 Å². The highest BCUT2D eigenvalue weighted by Crippen LogP contribution is 2.23. The number of benzene rings is 2. The lowest BCUT2D eigenvalue weighted by Gasteiger charge is -2.03. The van der Waals surface area contributed by atoms with Crippen molar-refractivity contribution in [2.24, 2.45) is 0 Å². The van der Waals surface area contributed by atoms with E-state index in [1.165, 1.54) is 12.1 Å². The highest BCUT2D eigenvalue weighted by molar-refractivity contribution is 5.93. The van der Waals surface area contributed by atoms with E-state index in [1.807, 2.05) is 18.2 Å². The first kappa shape index (κ1) is 18.7. The fraction of sp³-hybridized carbons (Fsp3) is 0.0909. The van der Waals surface area contributed by atoms with Gasteiger partial charge in [-0.3, -0.25) is 4.79 Å². The average Bonchev–Trinajstić information content (AvgIpc) is 3.52. The second-order valence-corrected chi connectivity index (χ2v) is 6.86. The molecule has 0 saturated heterocycles. The maximum atomic E-state index is 13.0. The Balaban J connectivity index is 1.21. The van der Waals surface area contributed by atoms with Gasteiger partial charge in [-0.25, -0.2) is 9.37 Å². The summed E-state index contributed by atoms with van der Waals surface area (Å²) in [6, 6.07) is 14.8. The van der Waals surface area contributed by atoms with Crippen LogP contribution >= 0.6 is 0 Å². The zero-order valence-electron chi connectivity index (χ0n) is 16.1. The van der Waals surface area contributed by atoms with E-state index < -0.39 is 0 Å². The highest BCUT2D eigenvalue weighted by Gasteiger charge is 2.12. The van der Waals surface area contributed by atoms with Gasteiger partial charge in [-0.1, -0.05) is 5.16 Å². The van der Waals surface area contributed by atoms with Gasteiger partial charge in [-0.05, 0) is 54.6 Å². The normalized spacial score (nSPS) is 11.1. The van der Waals surface area contributed by atoms with Gasteiger partial charge in [0, 0.05) is 24.1 Å². The van der Waals surface area contributed by atoms with Crippen molar-refractivity contribution in [3.8, 4) is 23.0 Å². The van der Waals surface area contributed by atoms with E-state index in [0.717, 1.165) is 11.0 Å². The SMILES string of the molecule is O=C(CCc1nc(-c2ccc(F)cc2)no1)Nc1ccc2nc(-c3ccco3)[nH]c2c1. The number of carbonyl (C=O) groups excluding carboxylic acids is 1. The Morgan fingerprint density at radius 1 is 1.10 bits per heavy atom. The lowest BCUT2D eigenvalue weighted by Crippen LogP contribution is -2.12. The standard InChI is InChI=1S/C22H16FN5O3/c23-14-5-3-13(4-6-14)21-27-20(31-28-21)10-9-19(29)24-15-7-8-16-17(12-15)26-22(25-16)18-2-1-11-30-18/h1-8,11-12H,9-10H2,(H,24,29)(H,25,26). The van der Waals surface area contributed by atoms with Crippen LogP contribution < -0.4 is 5.32 Å². The lowest BCUT2D eigenvalue weighted by molar-refractivity contribution is -0.116. The number of nitrogens with zero attached hydrogens (tertiary/aromatic N) is 3. The van der Waals surface area contributed by atoms with Crippen LogP contribution in [-0.2, 0) is 11.2 Å². The maximum absolute atomic E-state index is 13.0. The number of fused-ring (bicyclic) bond motifs is 1. The second kappa shape index (κ2) is 7.86. The number of anilines is 1. The predicted octanol–water partition coefficient (Wildman–Crippen LogP) is 4.58. The summed E-state index contributed by atoms with van der Waals surface area (Å²) in [5.74, 6) is 1.42. The number of imidazole rings is 1. The van der Waals surface area contributed by atoms with E-state index in [1.54, 1.807) is 30.5 Å². The number of halogens is 1. The lowest BCUT2D eigenvalue weighted by atomic mass is 10.2. The smallest absolute Gasteiger partial charge is 0.227 e. The summed E-state index contributed by atoms with van der Waals surface area (Å²) < 4.78 is 23.6. The number of hydrogen-bond donors (Lipinski definition) is 2. The van der Waals surface area contributed by atoms with Crippen molar-refractivity contribution in [3.63, 3.8) is 0 Å². The topological polar surface area (TPSA) is 110 Å². The minimum Gasteiger partial charge on any atom is -0.461 e. The molecule has 0 fully saturated rings. The number of H-pyrrole nitrogens is 1. The molecule has 0 bridgehead atoms. The Morgan fingerprint density at radius 3 is 2.77 bits per heavy atom. The average molecular weight is 417 g/mol. The molecule has 2 N–H and O–H groups in total. The molecule has 154 valence electrons. The van der Waals surface area contributed by atoms with Crippen LogP contribution in [0.15, 0.2) is 69.8 Å². The number of amides is 1. The number of aromatic nitrogens is 4. The van der Waals surface area contributed by atoms with Gasteiger partial charge >= 0.3 is 0 Å². The van der Waals surface area contributed by atoms with E-state index in [9.17, 15) is 9.18 Å². The van der Waals surface area contributed by atoms with Gasteiger partial charge in [0.1, 0.15) is 5.82 Å². The molecule has 0 unspecified atom stereocenters. The fourth-order valence-corrected chi connectivity index (χ4v) is 3.13. The zero-order valence-corrected chi connectivity index (χ0v) is 16.1. The first-order valence-electron chi connectivity index (χ1n) is 9.56.